The summed E-state index contributed by atoms with van der Waals surface area (Å²) in [4.78, 5) is 3.79. The topological polar surface area (TPSA) is 137 Å². The van der Waals surface area contributed by atoms with Crippen molar-refractivity contribution < 1.29 is 16.8 Å². The van der Waals surface area contributed by atoms with Crippen molar-refractivity contribution in [2.45, 2.75) is 16.0 Å². The third-order valence-electron chi connectivity index (χ3n) is 2.23. The number of nitrogens with one attached hydrogen (secondary N) is 1. The molecule has 0 atom stereocenters. The zero-order valence-electron chi connectivity index (χ0n) is 10.4. The van der Waals surface area contributed by atoms with Crippen LogP contribution >= 0.6 is 11.3 Å². The summed E-state index contributed by atoms with van der Waals surface area (Å²) in [6, 6.07) is 0. The maximum atomic E-state index is 12.0. The lowest BCUT2D eigenvalue weighted by molar-refractivity contribution is 0.598. The van der Waals surface area contributed by atoms with Gasteiger partial charge in [0.25, 0.3) is 10.0 Å². The molecule has 9 nitrogen and oxygen atoms in total. The van der Waals surface area contributed by atoms with Crippen LogP contribution in [0, 0.1) is 6.92 Å². The number of primary sulfonamides is 1. The van der Waals surface area contributed by atoms with E-state index >= 15 is 0 Å². The van der Waals surface area contributed by atoms with Gasteiger partial charge in [-0.2, -0.15) is 5.10 Å². The highest BCUT2D eigenvalue weighted by Gasteiger charge is 2.22. The first kappa shape index (κ1) is 14.9. The summed E-state index contributed by atoms with van der Waals surface area (Å²) in [6.07, 6.45) is 2.48. The first-order chi connectivity index (χ1) is 9.09. The lowest BCUT2D eigenvalue weighted by atomic mass is 10.6. The molecule has 0 saturated heterocycles. The van der Waals surface area contributed by atoms with Gasteiger partial charge in [-0.25, -0.2) is 27.0 Å². The zero-order chi connectivity index (χ0) is 15.1. The number of nitrogens with two attached hydrogens (primary N) is 1. The first-order valence-electron chi connectivity index (χ1n) is 5.11. The maximum absolute atomic E-state index is 12.0. The fourth-order valence-corrected chi connectivity index (χ4v) is 4.48. The second-order valence-corrected chi connectivity index (χ2v) is 8.33. The summed E-state index contributed by atoms with van der Waals surface area (Å²) in [5, 5.41) is 8.68. The van der Waals surface area contributed by atoms with E-state index in [1.165, 1.54) is 24.0 Å². The smallest absolute Gasteiger partial charge is 0.266 e. The molecule has 0 aliphatic heterocycles. The Bertz CT molecular complexity index is 849. The summed E-state index contributed by atoms with van der Waals surface area (Å²) < 4.78 is 49.9. The van der Waals surface area contributed by atoms with Crippen molar-refractivity contribution in [3.8, 4) is 0 Å². The second kappa shape index (κ2) is 4.80. The molecule has 0 saturated carbocycles. The molecule has 110 valence electrons. The molecule has 12 heteroatoms. The molecular formula is C8H11N5O4S3. The van der Waals surface area contributed by atoms with Crippen LogP contribution in [0.15, 0.2) is 21.5 Å². The van der Waals surface area contributed by atoms with E-state index in [-0.39, 0.29) is 19.9 Å². The van der Waals surface area contributed by atoms with Crippen molar-refractivity contribution in [2.24, 2.45) is 12.2 Å². The Kier molecular flexibility index (Phi) is 3.58. The predicted octanol–water partition coefficient (Wildman–Crippen LogP) is -0.367. The molecule has 0 aliphatic carbocycles. The van der Waals surface area contributed by atoms with Crippen molar-refractivity contribution in [2.75, 3.05) is 4.72 Å². The van der Waals surface area contributed by atoms with E-state index in [9.17, 15) is 16.8 Å². The van der Waals surface area contributed by atoms with Gasteiger partial charge < -0.3 is 0 Å². The third kappa shape index (κ3) is 2.98. The van der Waals surface area contributed by atoms with Crippen LogP contribution < -0.4 is 9.86 Å². The van der Waals surface area contributed by atoms with E-state index in [1.807, 2.05) is 0 Å². The van der Waals surface area contributed by atoms with E-state index < -0.39 is 20.0 Å². The predicted molar refractivity (Wildman–Crippen MR) is 72.2 cm³/mol. The van der Waals surface area contributed by atoms with Gasteiger partial charge in [-0.1, -0.05) is 11.3 Å². The highest BCUT2D eigenvalue weighted by atomic mass is 32.2. The largest absolute Gasteiger partial charge is 0.274 e. The number of aromatic nitrogens is 3. The maximum Gasteiger partial charge on any atom is 0.266 e. The Morgan fingerprint density at radius 3 is 2.45 bits per heavy atom. The number of anilines is 1. The minimum atomic E-state index is -3.92. The van der Waals surface area contributed by atoms with Crippen LogP contribution in [0.3, 0.4) is 0 Å². The molecule has 2 aromatic heterocycles. The standard InChI is InChI=1S/C8H11N5O4S3/c1-5-7(19(9,14)15)18-8(11-5)12-20(16,17)6-3-10-13(2)4-6/h3-4H,1-2H3,(H,11,12)(H2,9,14,15). The van der Waals surface area contributed by atoms with Gasteiger partial charge in [0.05, 0.1) is 11.9 Å². The van der Waals surface area contributed by atoms with Crippen LogP contribution in [-0.2, 0) is 27.1 Å². The van der Waals surface area contributed by atoms with Gasteiger partial charge in [-0.05, 0) is 6.92 Å². The molecule has 0 fully saturated rings. The Labute approximate surface area is 119 Å². The second-order valence-electron chi connectivity index (χ2n) is 3.89. The Balaban J connectivity index is 2.36. The molecule has 2 rings (SSSR count). The van der Waals surface area contributed by atoms with Crippen LogP contribution in [0.4, 0.5) is 5.13 Å². The Morgan fingerprint density at radius 1 is 1.35 bits per heavy atom. The number of sulfonamides is 2. The molecule has 2 aromatic rings. The van der Waals surface area contributed by atoms with E-state index in [0.29, 0.717) is 11.3 Å². The minimum Gasteiger partial charge on any atom is -0.274 e. The molecule has 0 aliphatic rings. The van der Waals surface area contributed by atoms with Gasteiger partial charge in [0.1, 0.15) is 4.90 Å². The van der Waals surface area contributed by atoms with Gasteiger partial charge in [-0.15, -0.1) is 0 Å². The molecule has 2 heterocycles. The first-order valence-corrected chi connectivity index (χ1v) is 8.96. The quantitative estimate of drug-likeness (QED) is 0.781. The SMILES string of the molecule is Cc1nc(NS(=O)(=O)c2cnn(C)c2)sc1S(N)(=O)=O. The molecule has 20 heavy (non-hydrogen) atoms. The fraction of sp³-hybridized carbons (Fsp3) is 0.250. The summed E-state index contributed by atoms with van der Waals surface area (Å²) in [5.41, 5.74) is 0.140. The van der Waals surface area contributed by atoms with Gasteiger partial charge in [0, 0.05) is 13.2 Å². The highest BCUT2D eigenvalue weighted by molar-refractivity contribution is 7.93. The van der Waals surface area contributed by atoms with Crippen LogP contribution in [0.25, 0.3) is 0 Å². The van der Waals surface area contributed by atoms with E-state index in [0.717, 1.165) is 0 Å². The molecule has 0 aromatic carbocycles. The molecule has 0 amide bonds. The van der Waals surface area contributed by atoms with E-state index in [1.54, 1.807) is 7.05 Å². The number of hydrogen-bond acceptors (Lipinski definition) is 7. The average molecular weight is 337 g/mol. The third-order valence-corrected chi connectivity index (χ3v) is 6.27. The van der Waals surface area contributed by atoms with Crippen molar-refractivity contribution in [1.29, 1.82) is 0 Å². The van der Waals surface area contributed by atoms with Gasteiger partial charge in [0.15, 0.2) is 9.34 Å². The summed E-state index contributed by atoms with van der Waals surface area (Å²) in [6.45, 7) is 1.43. The number of thiazole rings is 1. The summed E-state index contributed by atoms with van der Waals surface area (Å²) in [7, 11) is -6.21. The normalized spacial score (nSPS) is 12.6. The fourth-order valence-electron chi connectivity index (χ4n) is 1.40. The van der Waals surface area contributed by atoms with Crippen molar-refractivity contribution >= 4 is 36.5 Å². The number of nitrogens with zero attached hydrogens (tertiary/aromatic N) is 3. The van der Waals surface area contributed by atoms with Crippen molar-refractivity contribution in [3.05, 3.63) is 18.1 Å². The van der Waals surface area contributed by atoms with Gasteiger partial charge >= 0.3 is 0 Å². The Morgan fingerprint density at radius 2 is 2.00 bits per heavy atom. The van der Waals surface area contributed by atoms with E-state index in [4.69, 9.17) is 5.14 Å². The highest BCUT2D eigenvalue weighted by Crippen LogP contribution is 2.27. The van der Waals surface area contributed by atoms with Crippen LogP contribution in [0.1, 0.15) is 5.69 Å². The summed E-state index contributed by atoms with van der Waals surface area (Å²) in [5.74, 6) is 0. The Hall–Kier alpha value is -1.50. The van der Waals surface area contributed by atoms with Crippen molar-refractivity contribution in [3.63, 3.8) is 0 Å². The summed E-state index contributed by atoms with van der Waals surface area (Å²) >= 11 is 0.653. The zero-order valence-corrected chi connectivity index (χ0v) is 12.9. The minimum absolute atomic E-state index is 0.0509. The lowest BCUT2D eigenvalue weighted by Gasteiger charge is -2.01. The monoisotopic (exact) mass is 337 g/mol. The molecule has 0 spiro atoms. The van der Waals surface area contributed by atoms with Crippen LogP contribution in [-0.4, -0.2) is 31.6 Å². The average Bonchev–Trinajstić information content (AvgIpc) is 2.84. The van der Waals surface area contributed by atoms with Crippen LogP contribution in [0.5, 0.6) is 0 Å². The van der Waals surface area contributed by atoms with Crippen LogP contribution in [0.2, 0.25) is 0 Å². The van der Waals surface area contributed by atoms with E-state index in [2.05, 4.69) is 14.8 Å². The molecular weight excluding hydrogens is 326 g/mol. The van der Waals surface area contributed by atoms with Crippen molar-refractivity contribution in [1.82, 2.24) is 14.8 Å². The number of rotatable bonds is 4. The molecule has 3 N–H and O–H groups in total. The molecule has 0 radical (unpaired) electrons. The number of hydrogen-bond donors (Lipinski definition) is 2. The number of aryl methyl sites for hydroxylation is 2. The molecule has 0 unspecified atom stereocenters. The lowest BCUT2D eigenvalue weighted by Crippen LogP contribution is -2.12. The van der Waals surface area contributed by atoms with Gasteiger partial charge in [-0.3, -0.25) is 9.40 Å². The molecule has 0 bridgehead atoms. The van der Waals surface area contributed by atoms with Gasteiger partial charge in [0.2, 0.25) is 10.0 Å².